The third-order valence-electron chi connectivity index (χ3n) is 3.48. The molecule has 2 rings (SSSR count). The zero-order valence-corrected chi connectivity index (χ0v) is 11.9. The normalized spacial score (nSPS) is 27.4. The number of likely N-dealkylation sites (tertiary alicyclic amines) is 1. The second-order valence-electron chi connectivity index (χ2n) is 4.93. The van der Waals surface area contributed by atoms with Crippen LogP contribution in [-0.4, -0.2) is 57.1 Å². The molecule has 0 spiro atoms. The zero-order chi connectivity index (χ0) is 14.0. The van der Waals surface area contributed by atoms with Crippen molar-refractivity contribution in [3.63, 3.8) is 0 Å². The molecule has 0 unspecified atom stereocenters. The third kappa shape index (κ3) is 2.91. The van der Waals surface area contributed by atoms with E-state index in [0.717, 1.165) is 0 Å². The molecule has 1 saturated heterocycles. The second kappa shape index (κ2) is 5.48. The summed E-state index contributed by atoms with van der Waals surface area (Å²) in [6.07, 6.45) is 2.97. The molecule has 1 aromatic heterocycles. The average molecular weight is 282 g/mol. The number of β-amino-alcohol motifs (C(OH)–C–C–N with tert-alkyl or cyclic N) is 1. The number of carbonyl (C=O) groups excluding carboxylic acids is 1. The van der Waals surface area contributed by atoms with Gasteiger partial charge in [0.2, 0.25) is 0 Å². The smallest absolute Gasteiger partial charge is 0.256 e. The first-order valence-corrected chi connectivity index (χ1v) is 7.37. The van der Waals surface area contributed by atoms with Crippen LogP contribution in [0.25, 0.3) is 0 Å². The van der Waals surface area contributed by atoms with Gasteiger partial charge in [0.15, 0.2) is 0 Å². The zero-order valence-electron chi connectivity index (χ0n) is 11.0. The van der Waals surface area contributed by atoms with Gasteiger partial charge in [-0.05, 0) is 31.7 Å². The summed E-state index contributed by atoms with van der Waals surface area (Å²) in [6, 6.07) is 3.46. The number of nitrogens with zero attached hydrogens (tertiary/aromatic N) is 2. The first kappa shape index (κ1) is 14.3. The number of piperidine rings is 1. The van der Waals surface area contributed by atoms with Gasteiger partial charge in [0.1, 0.15) is 5.03 Å². The molecular weight excluding hydrogens is 264 g/mol. The number of thioether (sulfide) groups is 1. The molecule has 0 aromatic carbocycles. The van der Waals surface area contributed by atoms with E-state index in [-0.39, 0.29) is 12.5 Å². The summed E-state index contributed by atoms with van der Waals surface area (Å²) in [7, 11) is 0. The Kier molecular flexibility index (Phi) is 4.13. The Hall–Kier alpha value is -1.11. The van der Waals surface area contributed by atoms with Crippen molar-refractivity contribution in [3.05, 3.63) is 23.9 Å². The van der Waals surface area contributed by atoms with Gasteiger partial charge in [0, 0.05) is 19.3 Å². The van der Waals surface area contributed by atoms with Crippen molar-refractivity contribution in [2.45, 2.75) is 30.1 Å². The van der Waals surface area contributed by atoms with E-state index < -0.39 is 11.7 Å². The van der Waals surface area contributed by atoms with Crippen LogP contribution in [-0.2, 0) is 0 Å². The molecule has 2 heterocycles. The van der Waals surface area contributed by atoms with E-state index in [1.54, 1.807) is 30.2 Å². The highest BCUT2D eigenvalue weighted by Gasteiger charge is 2.38. The second-order valence-corrected chi connectivity index (χ2v) is 5.73. The maximum Gasteiger partial charge on any atom is 0.256 e. The Morgan fingerprint density at radius 2 is 2.37 bits per heavy atom. The van der Waals surface area contributed by atoms with Crippen LogP contribution in [0.15, 0.2) is 23.4 Å². The Bertz CT molecular complexity index is 479. The lowest BCUT2D eigenvalue weighted by Crippen LogP contribution is -2.55. The van der Waals surface area contributed by atoms with Gasteiger partial charge in [0.25, 0.3) is 5.91 Å². The lowest BCUT2D eigenvalue weighted by Gasteiger charge is -2.40. The number of rotatable bonds is 2. The van der Waals surface area contributed by atoms with Gasteiger partial charge < -0.3 is 15.1 Å². The highest BCUT2D eigenvalue weighted by atomic mass is 32.2. The first-order valence-electron chi connectivity index (χ1n) is 6.14. The summed E-state index contributed by atoms with van der Waals surface area (Å²) in [5, 5.41) is 20.5. The number of aliphatic hydroxyl groups excluding tert-OH is 1. The van der Waals surface area contributed by atoms with Crippen LogP contribution in [0.3, 0.4) is 0 Å². The van der Waals surface area contributed by atoms with Gasteiger partial charge in [-0.3, -0.25) is 4.79 Å². The Balaban J connectivity index is 2.17. The Morgan fingerprint density at radius 3 is 3.00 bits per heavy atom. The Labute approximate surface area is 116 Å². The van der Waals surface area contributed by atoms with Crippen molar-refractivity contribution in [2.75, 3.05) is 19.3 Å². The van der Waals surface area contributed by atoms with Crippen molar-refractivity contribution in [3.8, 4) is 0 Å². The molecule has 0 aliphatic carbocycles. The summed E-state index contributed by atoms with van der Waals surface area (Å²) in [5.74, 6) is -0.146. The van der Waals surface area contributed by atoms with E-state index in [9.17, 15) is 15.0 Å². The Morgan fingerprint density at radius 1 is 1.63 bits per heavy atom. The topological polar surface area (TPSA) is 73.7 Å². The number of amides is 1. The van der Waals surface area contributed by atoms with E-state index >= 15 is 0 Å². The van der Waals surface area contributed by atoms with Crippen LogP contribution in [0.5, 0.6) is 0 Å². The summed E-state index contributed by atoms with van der Waals surface area (Å²) >= 11 is 1.42. The monoisotopic (exact) mass is 282 g/mol. The fourth-order valence-electron chi connectivity index (χ4n) is 2.10. The van der Waals surface area contributed by atoms with Gasteiger partial charge in [-0.15, -0.1) is 11.8 Å². The van der Waals surface area contributed by atoms with E-state index in [0.29, 0.717) is 23.6 Å². The van der Waals surface area contributed by atoms with Gasteiger partial charge in [-0.2, -0.15) is 0 Å². The average Bonchev–Trinajstić information content (AvgIpc) is 2.41. The van der Waals surface area contributed by atoms with E-state index in [4.69, 9.17) is 0 Å². The molecule has 1 fully saturated rings. The minimum absolute atomic E-state index is 0.146. The molecule has 19 heavy (non-hydrogen) atoms. The van der Waals surface area contributed by atoms with Crippen molar-refractivity contribution in [2.24, 2.45) is 0 Å². The van der Waals surface area contributed by atoms with Crippen LogP contribution in [0.1, 0.15) is 23.7 Å². The van der Waals surface area contributed by atoms with Crippen molar-refractivity contribution >= 4 is 17.7 Å². The van der Waals surface area contributed by atoms with E-state index in [1.165, 1.54) is 11.8 Å². The van der Waals surface area contributed by atoms with Crippen LogP contribution in [0, 0.1) is 0 Å². The molecule has 1 aromatic rings. The number of hydrogen-bond acceptors (Lipinski definition) is 5. The van der Waals surface area contributed by atoms with Gasteiger partial charge >= 0.3 is 0 Å². The first-order chi connectivity index (χ1) is 8.95. The predicted molar refractivity (Wildman–Crippen MR) is 73.2 cm³/mol. The fraction of sp³-hybridized carbons (Fsp3) is 0.538. The highest BCUT2D eigenvalue weighted by molar-refractivity contribution is 7.98. The molecule has 5 nitrogen and oxygen atoms in total. The summed E-state index contributed by atoms with van der Waals surface area (Å²) in [6.45, 7) is 2.18. The maximum atomic E-state index is 12.4. The highest BCUT2D eigenvalue weighted by Crippen LogP contribution is 2.25. The van der Waals surface area contributed by atoms with Gasteiger partial charge in [0.05, 0.1) is 17.3 Å². The van der Waals surface area contributed by atoms with Crippen LogP contribution in [0.2, 0.25) is 0 Å². The van der Waals surface area contributed by atoms with Crippen molar-refractivity contribution < 1.29 is 15.0 Å². The number of aromatic nitrogens is 1. The van der Waals surface area contributed by atoms with Gasteiger partial charge in [-0.25, -0.2) is 4.98 Å². The number of pyridine rings is 1. The van der Waals surface area contributed by atoms with Crippen LogP contribution in [0.4, 0.5) is 0 Å². The van der Waals surface area contributed by atoms with E-state index in [1.807, 2.05) is 6.26 Å². The maximum absolute atomic E-state index is 12.4. The molecule has 1 aliphatic rings. The van der Waals surface area contributed by atoms with Crippen LogP contribution >= 0.6 is 11.8 Å². The van der Waals surface area contributed by atoms with Crippen LogP contribution < -0.4 is 0 Å². The minimum atomic E-state index is -1.12. The quantitative estimate of drug-likeness (QED) is 0.784. The lowest BCUT2D eigenvalue weighted by molar-refractivity contribution is -0.0999. The molecule has 1 amide bonds. The third-order valence-corrected chi connectivity index (χ3v) is 4.19. The molecule has 0 saturated carbocycles. The minimum Gasteiger partial charge on any atom is -0.388 e. The predicted octanol–water partition coefficient (Wildman–Crippen LogP) is 0.761. The van der Waals surface area contributed by atoms with Crippen molar-refractivity contribution in [1.29, 1.82) is 0 Å². The molecule has 0 radical (unpaired) electrons. The fourth-order valence-corrected chi connectivity index (χ4v) is 2.64. The largest absolute Gasteiger partial charge is 0.388 e. The molecule has 0 bridgehead atoms. The van der Waals surface area contributed by atoms with Gasteiger partial charge in [-0.1, -0.05) is 0 Å². The molecule has 6 heteroatoms. The number of hydrogen-bond donors (Lipinski definition) is 2. The summed E-state index contributed by atoms with van der Waals surface area (Å²) in [5.41, 5.74) is -0.572. The number of carbonyl (C=O) groups is 1. The molecule has 2 N–H and O–H groups in total. The summed E-state index contributed by atoms with van der Waals surface area (Å²) < 4.78 is 0. The van der Waals surface area contributed by atoms with Crippen molar-refractivity contribution in [1.82, 2.24) is 9.88 Å². The molecule has 1 aliphatic heterocycles. The number of aliphatic hydroxyl groups is 2. The lowest BCUT2D eigenvalue weighted by atomic mass is 9.90. The SMILES string of the molecule is CSc1ncccc1C(=O)N1CC[C@](C)(O)[C@@H](O)C1. The summed E-state index contributed by atoms with van der Waals surface area (Å²) in [4.78, 5) is 18.1. The van der Waals surface area contributed by atoms with E-state index in [2.05, 4.69) is 4.98 Å². The standard InChI is InChI=1S/C13H18N2O3S/c1-13(18)5-7-15(8-10(13)16)12(17)9-4-3-6-14-11(9)19-2/h3-4,6,10,16,18H,5,7-8H2,1-2H3/t10-,13-/m0/s1. The molecule has 2 atom stereocenters. The molecular formula is C13H18N2O3S. The molecule has 104 valence electrons.